The molecule has 110 valence electrons. The van der Waals surface area contributed by atoms with Crippen molar-refractivity contribution in [3.05, 3.63) is 28.8 Å². The molecular formula is C17H21N3S. The number of thiazole rings is 1. The third-order valence-electron chi connectivity index (χ3n) is 4.89. The van der Waals surface area contributed by atoms with Gasteiger partial charge in [0.15, 0.2) is 0 Å². The van der Waals surface area contributed by atoms with Crippen molar-refractivity contribution in [1.29, 1.82) is 0 Å². The van der Waals surface area contributed by atoms with Crippen molar-refractivity contribution in [2.24, 2.45) is 16.6 Å². The van der Waals surface area contributed by atoms with Crippen LogP contribution in [0.1, 0.15) is 43.2 Å². The maximum Gasteiger partial charge on any atom is 0.101 e. The van der Waals surface area contributed by atoms with Gasteiger partial charge in [-0.25, -0.2) is 4.98 Å². The lowest BCUT2D eigenvalue weighted by Gasteiger charge is -2.17. The zero-order valence-corrected chi connectivity index (χ0v) is 13.2. The van der Waals surface area contributed by atoms with E-state index in [0.717, 1.165) is 30.9 Å². The summed E-state index contributed by atoms with van der Waals surface area (Å²) in [6.07, 6.45) is 4.73. The van der Waals surface area contributed by atoms with E-state index < -0.39 is 0 Å². The van der Waals surface area contributed by atoms with Crippen LogP contribution in [0.25, 0.3) is 10.2 Å². The Labute approximate surface area is 129 Å². The molecule has 1 aliphatic heterocycles. The normalized spacial score (nSPS) is 24.1. The van der Waals surface area contributed by atoms with Gasteiger partial charge >= 0.3 is 0 Å². The summed E-state index contributed by atoms with van der Waals surface area (Å²) in [6, 6.07) is 6.64. The number of aliphatic imine (C=N–C) groups is 1. The second-order valence-corrected chi connectivity index (χ2v) is 7.65. The average Bonchev–Trinajstić information content (AvgIpc) is 3.20. The zero-order chi connectivity index (χ0) is 14.4. The fourth-order valence-electron chi connectivity index (χ4n) is 3.05. The van der Waals surface area contributed by atoms with Crippen molar-refractivity contribution in [2.45, 2.75) is 38.0 Å². The Morgan fingerprint density at radius 3 is 2.90 bits per heavy atom. The predicted octanol–water partition coefficient (Wildman–Crippen LogP) is 3.51. The van der Waals surface area contributed by atoms with Crippen LogP contribution in [0, 0.1) is 5.92 Å². The minimum absolute atomic E-state index is 0.196. The lowest BCUT2D eigenvalue weighted by atomic mass is 9.96. The fraction of sp³-hybridized carbons (Fsp3) is 0.529. The van der Waals surface area contributed by atoms with Crippen LogP contribution in [0.4, 0.5) is 0 Å². The van der Waals surface area contributed by atoms with Gasteiger partial charge in [-0.2, -0.15) is 0 Å². The molecule has 4 rings (SSSR count). The van der Waals surface area contributed by atoms with Crippen LogP contribution >= 0.6 is 11.3 Å². The van der Waals surface area contributed by atoms with Crippen LogP contribution in [0.3, 0.4) is 0 Å². The molecule has 1 fully saturated rings. The van der Waals surface area contributed by atoms with E-state index in [0.29, 0.717) is 0 Å². The second kappa shape index (κ2) is 4.89. The van der Waals surface area contributed by atoms with E-state index in [-0.39, 0.29) is 5.41 Å². The fourth-order valence-corrected chi connectivity index (χ4v) is 4.25. The Balaban J connectivity index is 1.70. The van der Waals surface area contributed by atoms with Crippen molar-refractivity contribution in [1.82, 2.24) is 4.98 Å². The van der Waals surface area contributed by atoms with Crippen LogP contribution < -0.4 is 5.73 Å². The van der Waals surface area contributed by atoms with Crippen molar-refractivity contribution < 1.29 is 0 Å². The molecule has 1 saturated carbocycles. The number of hydrogen-bond acceptors (Lipinski definition) is 4. The summed E-state index contributed by atoms with van der Waals surface area (Å²) < 4.78 is 1.28. The Bertz CT molecular complexity index is 712. The van der Waals surface area contributed by atoms with Crippen LogP contribution in [0.5, 0.6) is 0 Å². The Morgan fingerprint density at radius 2 is 2.24 bits per heavy atom. The van der Waals surface area contributed by atoms with Gasteiger partial charge in [0.05, 0.1) is 10.2 Å². The number of benzene rings is 1. The summed E-state index contributed by atoms with van der Waals surface area (Å²) in [4.78, 5) is 9.62. The molecule has 0 amide bonds. The molecule has 1 aliphatic carbocycles. The van der Waals surface area contributed by atoms with Gasteiger partial charge in [0.1, 0.15) is 5.01 Å². The molecule has 3 nitrogen and oxygen atoms in total. The topological polar surface area (TPSA) is 51.3 Å². The quantitative estimate of drug-likeness (QED) is 0.943. The van der Waals surface area contributed by atoms with E-state index in [1.807, 2.05) is 11.3 Å². The SMILES string of the molecule is CC1CCC(c2ccc3sc(C4(CN)CC4)nc3c2)=NC1. The number of aromatic nitrogens is 1. The zero-order valence-electron chi connectivity index (χ0n) is 12.4. The van der Waals surface area contributed by atoms with E-state index in [1.165, 1.54) is 40.2 Å². The summed E-state index contributed by atoms with van der Waals surface area (Å²) >= 11 is 1.82. The third-order valence-corrected chi connectivity index (χ3v) is 6.17. The lowest BCUT2D eigenvalue weighted by molar-refractivity contribution is 0.538. The highest BCUT2D eigenvalue weighted by Gasteiger charge is 2.45. The minimum Gasteiger partial charge on any atom is -0.329 e. The van der Waals surface area contributed by atoms with E-state index in [4.69, 9.17) is 15.7 Å². The van der Waals surface area contributed by atoms with Crippen LogP contribution in [0.15, 0.2) is 23.2 Å². The van der Waals surface area contributed by atoms with Crippen molar-refractivity contribution >= 4 is 27.3 Å². The van der Waals surface area contributed by atoms with Gasteiger partial charge < -0.3 is 5.73 Å². The molecule has 1 unspecified atom stereocenters. The highest BCUT2D eigenvalue weighted by Crippen LogP contribution is 2.49. The van der Waals surface area contributed by atoms with E-state index in [2.05, 4.69) is 25.1 Å². The van der Waals surface area contributed by atoms with Gasteiger partial charge in [-0.15, -0.1) is 11.3 Å². The molecule has 0 radical (unpaired) electrons. The molecule has 1 aromatic heterocycles. The highest BCUT2D eigenvalue weighted by atomic mass is 32.1. The summed E-state index contributed by atoms with van der Waals surface area (Å²) in [5.41, 5.74) is 9.75. The maximum absolute atomic E-state index is 5.93. The monoisotopic (exact) mass is 299 g/mol. The van der Waals surface area contributed by atoms with Crippen LogP contribution in [0.2, 0.25) is 0 Å². The third kappa shape index (κ3) is 2.30. The maximum atomic E-state index is 5.93. The number of nitrogens with zero attached hydrogens (tertiary/aromatic N) is 2. The van der Waals surface area contributed by atoms with Crippen molar-refractivity contribution in [3.8, 4) is 0 Å². The number of nitrogens with two attached hydrogens (primary N) is 1. The van der Waals surface area contributed by atoms with E-state index >= 15 is 0 Å². The van der Waals surface area contributed by atoms with Gasteiger partial charge in [0, 0.05) is 24.2 Å². The lowest BCUT2D eigenvalue weighted by Crippen LogP contribution is -2.19. The summed E-state index contributed by atoms with van der Waals surface area (Å²) in [6.45, 7) is 3.97. The predicted molar refractivity (Wildman–Crippen MR) is 89.4 cm³/mol. The number of hydrogen-bond donors (Lipinski definition) is 1. The first-order valence-corrected chi connectivity index (χ1v) is 8.67. The molecule has 4 heteroatoms. The average molecular weight is 299 g/mol. The summed E-state index contributed by atoms with van der Waals surface area (Å²) in [5, 5.41) is 1.23. The molecular weight excluding hydrogens is 278 g/mol. The molecule has 1 atom stereocenters. The molecule has 1 aromatic carbocycles. The van der Waals surface area contributed by atoms with Crippen LogP contribution in [-0.4, -0.2) is 23.8 Å². The Kier molecular flexibility index (Phi) is 3.12. The Hall–Kier alpha value is -1.26. The van der Waals surface area contributed by atoms with Crippen molar-refractivity contribution in [3.63, 3.8) is 0 Å². The standard InChI is InChI=1S/C17H21N3S/c1-11-2-4-13(19-9-11)12-3-5-15-14(8-12)20-16(21-15)17(10-18)6-7-17/h3,5,8,11H,2,4,6-7,9-10,18H2,1H3. The first-order chi connectivity index (χ1) is 10.2. The van der Waals surface area contributed by atoms with Gasteiger partial charge in [-0.05, 0) is 49.3 Å². The highest BCUT2D eigenvalue weighted by molar-refractivity contribution is 7.18. The molecule has 0 saturated heterocycles. The van der Waals surface area contributed by atoms with Gasteiger partial charge in [-0.3, -0.25) is 4.99 Å². The molecule has 2 heterocycles. The summed E-state index contributed by atoms with van der Waals surface area (Å²) in [5.74, 6) is 0.725. The van der Waals surface area contributed by atoms with Gasteiger partial charge in [0.2, 0.25) is 0 Å². The smallest absolute Gasteiger partial charge is 0.101 e. The second-order valence-electron chi connectivity index (χ2n) is 6.62. The molecule has 2 N–H and O–H groups in total. The molecule has 0 bridgehead atoms. The van der Waals surface area contributed by atoms with Gasteiger partial charge in [0.25, 0.3) is 0 Å². The minimum atomic E-state index is 0.196. The van der Waals surface area contributed by atoms with E-state index in [9.17, 15) is 0 Å². The summed E-state index contributed by atoms with van der Waals surface area (Å²) in [7, 11) is 0. The largest absolute Gasteiger partial charge is 0.329 e. The van der Waals surface area contributed by atoms with Crippen LogP contribution in [-0.2, 0) is 5.41 Å². The molecule has 2 aromatic rings. The van der Waals surface area contributed by atoms with Crippen molar-refractivity contribution in [2.75, 3.05) is 13.1 Å². The van der Waals surface area contributed by atoms with Gasteiger partial charge in [-0.1, -0.05) is 13.0 Å². The molecule has 21 heavy (non-hydrogen) atoms. The first kappa shape index (κ1) is 13.4. The van der Waals surface area contributed by atoms with E-state index in [1.54, 1.807) is 0 Å². The first-order valence-electron chi connectivity index (χ1n) is 7.85. The Morgan fingerprint density at radius 1 is 1.38 bits per heavy atom. The number of fused-ring (bicyclic) bond motifs is 1. The molecule has 0 spiro atoms. The molecule has 2 aliphatic rings. The number of rotatable bonds is 3.